The van der Waals surface area contributed by atoms with Crippen LogP contribution >= 0.6 is 11.6 Å². The molecule has 32 heavy (non-hydrogen) atoms. The summed E-state index contributed by atoms with van der Waals surface area (Å²) in [4.78, 5) is 29.1. The van der Waals surface area contributed by atoms with Crippen molar-refractivity contribution >= 4 is 34.8 Å². The lowest BCUT2D eigenvalue weighted by Crippen LogP contribution is -2.49. The number of aryl methyl sites for hydroxylation is 1. The fourth-order valence-corrected chi connectivity index (χ4v) is 3.94. The zero-order valence-corrected chi connectivity index (χ0v) is 20.0. The van der Waals surface area contributed by atoms with Gasteiger partial charge in [-0.05, 0) is 55.2 Å². The molecule has 2 aromatic rings. The van der Waals surface area contributed by atoms with Crippen LogP contribution in [0.5, 0.6) is 5.75 Å². The number of benzene rings is 2. The summed E-state index contributed by atoms with van der Waals surface area (Å²) in [6, 6.07) is 11.3. The SMILES string of the molecule is Cc1cccc(OCC(=O)Nc2cc(Cl)ccc2N2CCN(C(=O)CC(C)C)CC2)c1C. The Balaban J connectivity index is 1.63. The number of piperazine rings is 1. The predicted molar refractivity (Wildman–Crippen MR) is 130 cm³/mol. The minimum Gasteiger partial charge on any atom is -0.483 e. The number of rotatable bonds is 7. The van der Waals surface area contributed by atoms with Crippen LogP contribution < -0.4 is 15.0 Å². The second-order valence-corrected chi connectivity index (χ2v) is 9.10. The van der Waals surface area contributed by atoms with Crippen LogP contribution in [0.2, 0.25) is 5.02 Å². The van der Waals surface area contributed by atoms with E-state index >= 15 is 0 Å². The number of carbonyl (C=O) groups is 2. The molecule has 2 amide bonds. The van der Waals surface area contributed by atoms with Gasteiger partial charge >= 0.3 is 0 Å². The van der Waals surface area contributed by atoms with Crippen molar-refractivity contribution in [2.24, 2.45) is 5.92 Å². The first-order valence-corrected chi connectivity index (χ1v) is 11.4. The van der Waals surface area contributed by atoms with Gasteiger partial charge in [0, 0.05) is 37.6 Å². The van der Waals surface area contributed by atoms with Crippen LogP contribution in [0, 0.1) is 19.8 Å². The first kappa shape index (κ1) is 23.9. The van der Waals surface area contributed by atoms with Gasteiger partial charge in [0.05, 0.1) is 11.4 Å². The van der Waals surface area contributed by atoms with Crippen molar-refractivity contribution in [2.45, 2.75) is 34.1 Å². The summed E-state index contributed by atoms with van der Waals surface area (Å²) in [6.07, 6.45) is 0.572. The normalized spacial score (nSPS) is 13.9. The van der Waals surface area contributed by atoms with Crippen molar-refractivity contribution in [2.75, 3.05) is 43.0 Å². The fraction of sp³-hybridized carbons (Fsp3) is 0.440. The molecule has 1 aliphatic rings. The summed E-state index contributed by atoms with van der Waals surface area (Å²) in [5.74, 6) is 1.01. The molecule has 0 unspecified atom stereocenters. The van der Waals surface area contributed by atoms with E-state index in [4.69, 9.17) is 16.3 Å². The summed E-state index contributed by atoms with van der Waals surface area (Å²) in [5, 5.41) is 3.49. The molecule has 0 radical (unpaired) electrons. The molecule has 1 N–H and O–H groups in total. The van der Waals surface area contributed by atoms with Crippen LogP contribution in [0.4, 0.5) is 11.4 Å². The third kappa shape index (κ3) is 6.16. The summed E-state index contributed by atoms with van der Waals surface area (Å²) >= 11 is 6.21. The highest BCUT2D eigenvalue weighted by Crippen LogP contribution is 2.30. The quantitative estimate of drug-likeness (QED) is 0.656. The zero-order chi connectivity index (χ0) is 23.3. The van der Waals surface area contributed by atoms with Gasteiger partial charge in [0.2, 0.25) is 5.91 Å². The van der Waals surface area contributed by atoms with Crippen LogP contribution in [0.1, 0.15) is 31.4 Å². The molecule has 0 aromatic heterocycles. The van der Waals surface area contributed by atoms with Gasteiger partial charge in [-0.3, -0.25) is 9.59 Å². The highest BCUT2D eigenvalue weighted by Gasteiger charge is 2.23. The average Bonchev–Trinajstić information content (AvgIpc) is 2.74. The van der Waals surface area contributed by atoms with Gasteiger partial charge < -0.3 is 19.9 Å². The molecule has 1 fully saturated rings. The third-order valence-electron chi connectivity index (χ3n) is 5.70. The highest BCUT2D eigenvalue weighted by molar-refractivity contribution is 6.31. The Labute approximate surface area is 195 Å². The van der Waals surface area contributed by atoms with E-state index in [0.29, 0.717) is 55.0 Å². The Morgan fingerprint density at radius 3 is 2.50 bits per heavy atom. The molecule has 172 valence electrons. The molecule has 7 heteroatoms. The zero-order valence-electron chi connectivity index (χ0n) is 19.3. The summed E-state index contributed by atoms with van der Waals surface area (Å²) < 4.78 is 5.74. The van der Waals surface area contributed by atoms with E-state index in [1.54, 1.807) is 6.07 Å². The summed E-state index contributed by atoms with van der Waals surface area (Å²) in [6.45, 7) is 10.7. The number of halogens is 1. The molecule has 0 aliphatic carbocycles. The molecule has 6 nitrogen and oxygen atoms in total. The van der Waals surface area contributed by atoms with Crippen molar-refractivity contribution in [1.82, 2.24) is 4.90 Å². The molecule has 0 spiro atoms. The highest BCUT2D eigenvalue weighted by atomic mass is 35.5. The van der Waals surface area contributed by atoms with E-state index in [2.05, 4.69) is 24.1 Å². The maximum atomic E-state index is 12.6. The predicted octanol–water partition coefficient (Wildman–Crippen LogP) is 4.67. The van der Waals surface area contributed by atoms with E-state index < -0.39 is 0 Å². The fourth-order valence-electron chi connectivity index (χ4n) is 3.77. The molecule has 3 rings (SSSR count). The number of anilines is 2. The Kier molecular flexibility index (Phi) is 8.02. The van der Waals surface area contributed by atoms with Crippen molar-refractivity contribution in [1.29, 1.82) is 0 Å². The molecule has 1 heterocycles. The molecule has 1 aliphatic heterocycles. The Hall–Kier alpha value is -2.73. The number of ether oxygens (including phenoxy) is 1. The second kappa shape index (κ2) is 10.7. The van der Waals surface area contributed by atoms with Gasteiger partial charge in [0.1, 0.15) is 5.75 Å². The van der Waals surface area contributed by atoms with E-state index in [-0.39, 0.29) is 18.4 Å². The van der Waals surface area contributed by atoms with Crippen LogP contribution in [0.15, 0.2) is 36.4 Å². The average molecular weight is 458 g/mol. The maximum absolute atomic E-state index is 12.6. The number of carbonyl (C=O) groups excluding carboxylic acids is 2. The monoisotopic (exact) mass is 457 g/mol. The van der Waals surface area contributed by atoms with Gasteiger partial charge in [-0.15, -0.1) is 0 Å². The number of nitrogens with zero attached hydrogens (tertiary/aromatic N) is 2. The van der Waals surface area contributed by atoms with Crippen molar-refractivity contribution in [3.05, 3.63) is 52.5 Å². The van der Waals surface area contributed by atoms with Crippen LogP contribution in [-0.2, 0) is 9.59 Å². The molecular weight excluding hydrogens is 426 g/mol. The van der Waals surface area contributed by atoms with E-state index in [1.807, 2.05) is 49.1 Å². The third-order valence-corrected chi connectivity index (χ3v) is 5.94. The van der Waals surface area contributed by atoms with Crippen LogP contribution in [-0.4, -0.2) is 49.5 Å². The van der Waals surface area contributed by atoms with Crippen LogP contribution in [0.3, 0.4) is 0 Å². The lowest BCUT2D eigenvalue weighted by Gasteiger charge is -2.37. The lowest BCUT2D eigenvalue weighted by atomic mass is 10.1. The minimum absolute atomic E-state index is 0.0896. The molecule has 0 saturated carbocycles. The van der Waals surface area contributed by atoms with Gasteiger partial charge in [-0.2, -0.15) is 0 Å². The molecule has 0 bridgehead atoms. The first-order chi connectivity index (χ1) is 15.2. The molecule has 2 aromatic carbocycles. The van der Waals surface area contributed by atoms with E-state index in [1.165, 1.54) is 0 Å². The largest absolute Gasteiger partial charge is 0.483 e. The second-order valence-electron chi connectivity index (χ2n) is 8.66. The van der Waals surface area contributed by atoms with Crippen molar-refractivity contribution in [3.63, 3.8) is 0 Å². The summed E-state index contributed by atoms with van der Waals surface area (Å²) in [7, 11) is 0. The molecule has 1 saturated heterocycles. The number of nitrogens with one attached hydrogen (secondary N) is 1. The number of amides is 2. The van der Waals surface area contributed by atoms with Gasteiger partial charge in [0.15, 0.2) is 6.61 Å². The maximum Gasteiger partial charge on any atom is 0.262 e. The van der Waals surface area contributed by atoms with E-state index in [9.17, 15) is 9.59 Å². The van der Waals surface area contributed by atoms with Crippen molar-refractivity contribution in [3.8, 4) is 5.75 Å². The topological polar surface area (TPSA) is 61.9 Å². The molecule has 0 atom stereocenters. The van der Waals surface area contributed by atoms with E-state index in [0.717, 1.165) is 16.8 Å². The smallest absolute Gasteiger partial charge is 0.262 e. The number of hydrogen-bond acceptors (Lipinski definition) is 4. The lowest BCUT2D eigenvalue weighted by molar-refractivity contribution is -0.132. The van der Waals surface area contributed by atoms with Gasteiger partial charge in [-0.25, -0.2) is 0 Å². The van der Waals surface area contributed by atoms with Crippen LogP contribution in [0.25, 0.3) is 0 Å². The Morgan fingerprint density at radius 1 is 1.09 bits per heavy atom. The minimum atomic E-state index is -0.250. The molecular formula is C25H32ClN3O3. The van der Waals surface area contributed by atoms with Gasteiger partial charge in [-0.1, -0.05) is 37.6 Å². The summed E-state index contributed by atoms with van der Waals surface area (Å²) in [5.41, 5.74) is 3.68. The first-order valence-electron chi connectivity index (χ1n) is 11.1. The van der Waals surface area contributed by atoms with Crippen molar-refractivity contribution < 1.29 is 14.3 Å². The Bertz CT molecular complexity index is 969. The number of hydrogen-bond donors (Lipinski definition) is 1. The Morgan fingerprint density at radius 2 is 1.81 bits per heavy atom. The van der Waals surface area contributed by atoms with Gasteiger partial charge in [0.25, 0.3) is 5.91 Å². The standard InChI is InChI=1S/C25H32ClN3O3/c1-17(2)14-25(31)29-12-10-28(11-13-29)22-9-8-20(26)15-21(22)27-24(30)16-32-23-7-5-6-18(3)19(23)4/h5-9,15,17H,10-14,16H2,1-4H3,(H,27,30).